The van der Waals surface area contributed by atoms with E-state index < -0.39 is 5.97 Å². The van der Waals surface area contributed by atoms with Crippen LogP contribution in [0, 0.1) is 6.92 Å². The molecule has 0 fully saturated rings. The van der Waals surface area contributed by atoms with Crippen molar-refractivity contribution in [2.24, 2.45) is 0 Å². The summed E-state index contributed by atoms with van der Waals surface area (Å²) in [4.78, 5) is 25.7. The SMILES string of the molecule is CCOC(=O)c1c(NC(=O)c2ccc(Cl)c(Cl)c2)sc(C)c1CC. The number of thiophene rings is 1. The van der Waals surface area contributed by atoms with E-state index in [1.54, 1.807) is 19.1 Å². The molecule has 7 heteroatoms. The number of hydrogen-bond acceptors (Lipinski definition) is 4. The normalized spacial score (nSPS) is 10.5. The van der Waals surface area contributed by atoms with Crippen LogP contribution in [0.25, 0.3) is 0 Å². The van der Waals surface area contributed by atoms with E-state index in [1.807, 2.05) is 13.8 Å². The summed E-state index contributed by atoms with van der Waals surface area (Å²) >= 11 is 13.2. The van der Waals surface area contributed by atoms with Crippen LogP contribution in [0.2, 0.25) is 10.0 Å². The number of anilines is 1. The Morgan fingerprint density at radius 2 is 1.92 bits per heavy atom. The van der Waals surface area contributed by atoms with Gasteiger partial charge in [0.25, 0.3) is 5.91 Å². The fourth-order valence-electron chi connectivity index (χ4n) is 2.32. The Morgan fingerprint density at radius 3 is 2.50 bits per heavy atom. The summed E-state index contributed by atoms with van der Waals surface area (Å²) < 4.78 is 5.12. The molecule has 24 heavy (non-hydrogen) atoms. The lowest BCUT2D eigenvalue weighted by atomic mass is 10.1. The summed E-state index contributed by atoms with van der Waals surface area (Å²) in [5, 5.41) is 3.94. The van der Waals surface area contributed by atoms with Gasteiger partial charge in [0.05, 0.1) is 22.2 Å². The van der Waals surface area contributed by atoms with Crippen LogP contribution >= 0.6 is 34.5 Å². The zero-order valence-electron chi connectivity index (χ0n) is 13.5. The van der Waals surface area contributed by atoms with Gasteiger partial charge in [0.15, 0.2) is 0 Å². The Kier molecular flexibility index (Phi) is 6.27. The number of amides is 1. The highest BCUT2D eigenvalue weighted by atomic mass is 35.5. The summed E-state index contributed by atoms with van der Waals surface area (Å²) in [6.07, 6.45) is 0.680. The van der Waals surface area contributed by atoms with Crippen molar-refractivity contribution in [3.63, 3.8) is 0 Å². The van der Waals surface area contributed by atoms with E-state index in [2.05, 4.69) is 5.32 Å². The first-order valence-electron chi connectivity index (χ1n) is 7.44. The minimum absolute atomic E-state index is 0.275. The van der Waals surface area contributed by atoms with E-state index >= 15 is 0 Å². The van der Waals surface area contributed by atoms with Crippen molar-refractivity contribution < 1.29 is 14.3 Å². The lowest BCUT2D eigenvalue weighted by molar-refractivity contribution is 0.0527. The Labute approximate surface area is 154 Å². The molecule has 0 atom stereocenters. The summed E-state index contributed by atoms with van der Waals surface area (Å²) in [5.74, 6) is -0.786. The third-order valence-electron chi connectivity index (χ3n) is 3.45. The molecule has 1 aromatic carbocycles. The molecule has 1 heterocycles. The number of rotatable bonds is 5. The van der Waals surface area contributed by atoms with Crippen LogP contribution in [0.5, 0.6) is 0 Å². The maximum absolute atomic E-state index is 12.5. The third kappa shape index (κ3) is 3.91. The molecule has 2 aromatic rings. The number of aryl methyl sites for hydroxylation is 1. The second-order valence-electron chi connectivity index (χ2n) is 5.00. The highest BCUT2D eigenvalue weighted by molar-refractivity contribution is 7.16. The smallest absolute Gasteiger partial charge is 0.341 e. The zero-order valence-corrected chi connectivity index (χ0v) is 15.9. The molecule has 0 spiro atoms. The van der Waals surface area contributed by atoms with E-state index in [0.29, 0.717) is 32.6 Å². The van der Waals surface area contributed by atoms with Crippen molar-refractivity contribution >= 4 is 51.4 Å². The van der Waals surface area contributed by atoms with Gasteiger partial charge in [0.2, 0.25) is 0 Å². The van der Waals surface area contributed by atoms with Crippen molar-refractivity contribution in [2.75, 3.05) is 11.9 Å². The second-order valence-corrected chi connectivity index (χ2v) is 7.04. The van der Waals surface area contributed by atoms with Gasteiger partial charge < -0.3 is 10.1 Å². The molecule has 0 radical (unpaired) electrons. The summed E-state index contributed by atoms with van der Waals surface area (Å²) in [5.41, 5.74) is 1.68. The molecule has 0 saturated carbocycles. The number of benzene rings is 1. The summed E-state index contributed by atoms with van der Waals surface area (Å²) in [6.45, 7) is 5.90. The molecular weight excluding hydrogens is 369 g/mol. The molecule has 1 aromatic heterocycles. The molecule has 0 saturated heterocycles. The first-order chi connectivity index (χ1) is 11.4. The third-order valence-corrected chi connectivity index (χ3v) is 5.25. The molecule has 128 valence electrons. The summed E-state index contributed by atoms with van der Waals surface area (Å²) in [6, 6.07) is 4.63. The van der Waals surface area contributed by atoms with Crippen LogP contribution in [0.4, 0.5) is 5.00 Å². The number of carbonyl (C=O) groups excluding carboxylic acids is 2. The number of carbonyl (C=O) groups is 2. The van der Waals surface area contributed by atoms with Gasteiger partial charge in [-0.25, -0.2) is 4.79 Å². The predicted octanol–water partition coefficient (Wildman–Crippen LogP) is 5.35. The van der Waals surface area contributed by atoms with Gasteiger partial charge in [-0.05, 0) is 44.0 Å². The van der Waals surface area contributed by atoms with Gasteiger partial charge in [-0.3, -0.25) is 4.79 Å². The first kappa shape index (κ1) is 18.8. The van der Waals surface area contributed by atoms with Crippen molar-refractivity contribution in [3.8, 4) is 0 Å². The van der Waals surface area contributed by atoms with Gasteiger partial charge in [0, 0.05) is 10.4 Å². The topological polar surface area (TPSA) is 55.4 Å². The minimum Gasteiger partial charge on any atom is -0.462 e. The van der Waals surface area contributed by atoms with E-state index in [4.69, 9.17) is 27.9 Å². The van der Waals surface area contributed by atoms with Crippen molar-refractivity contribution in [1.29, 1.82) is 0 Å². The Morgan fingerprint density at radius 1 is 1.21 bits per heavy atom. The summed E-state index contributed by atoms with van der Waals surface area (Å²) in [7, 11) is 0. The Bertz CT molecular complexity index is 786. The van der Waals surface area contributed by atoms with Crippen LogP contribution in [0.3, 0.4) is 0 Å². The number of halogens is 2. The van der Waals surface area contributed by atoms with Gasteiger partial charge >= 0.3 is 5.97 Å². The van der Waals surface area contributed by atoms with E-state index in [0.717, 1.165) is 10.4 Å². The van der Waals surface area contributed by atoms with Crippen molar-refractivity contribution in [1.82, 2.24) is 0 Å². The monoisotopic (exact) mass is 385 g/mol. The largest absolute Gasteiger partial charge is 0.462 e. The fourth-order valence-corrected chi connectivity index (χ4v) is 3.75. The minimum atomic E-state index is -0.428. The second kappa shape index (κ2) is 8.01. The number of nitrogens with one attached hydrogen (secondary N) is 1. The zero-order chi connectivity index (χ0) is 17.9. The van der Waals surface area contributed by atoms with Crippen LogP contribution in [-0.4, -0.2) is 18.5 Å². The van der Waals surface area contributed by atoms with Crippen molar-refractivity contribution in [2.45, 2.75) is 27.2 Å². The van der Waals surface area contributed by atoms with E-state index in [9.17, 15) is 9.59 Å². The molecule has 1 N–H and O–H groups in total. The molecule has 0 aliphatic heterocycles. The highest BCUT2D eigenvalue weighted by Crippen LogP contribution is 2.34. The average molecular weight is 386 g/mol. The first-order valence-corrected chi connectivity index (χ1v) is 9.02. The molecular formula is C17H17Cl2NO3S. The van der Waals surface area contributed by atoms with Gasteiger partial charge in [-0.2, -0.15) is 0 Å². The van der Waals surface area contributed by atoms with Gasteiger partial charge in [-0.15, -0.1) is 11.3 Å². The number of ether oxygens (including phenoxy) is 1. The standard InChI is InChI=1S/C17H17Cl2NO3S/c1-4-11-9(3)24-16(14(11)17(22)23-5-2)20-15(21)10-6-7-12(18)13(19)8-10/h6-8H,4-5H2,1-3H3,(H,20,21). The highest BCUT2D eigenvalue weighted by Gasteiger charge is 2.23. The maximum Gasteiger partial charge on any atom is 0.341 e. The van der Waals surface area contributed by atoms with Gasteiger partial charge in [-0.1, -0.05) is 30.1 Å². The average Bonchev–Trinajstić information content (AvgIpc) is 2.85. The van der Waals surface area contributed by atoms with Gasteiger partial charge in [0.1, 0.15) is 5.00 Å². The molecule has 0 aliphatic rings. The molecule has 0 bridgehead atoms. The maximum atomic E-state index is 12.5. The predicted molar refractivity (Wildman–Crippen MR) is 98.8 cm³/mol. The van der Waals surface area contributed by atoms with Crippen LogP contribution in [0.15, 0.2) is 18.2 Å². The molecule has 1 amide bonds. The molecule has 0 aliphatic carbocycles. The Balaban J connectivity index is 2.36. The molecule has 0 unspecified atom stereocenters. The van der Waals surface area contributed by atoms with E-state index in [1.165, 1.54) is 17.4 Å². The number of esters is 1. The fraction of sp³-hybridized carbons (Fsp3) is 0.294. The lowest BCUT2D eigenvalue weighted by Gasteiger charge is -2.08. The lowest BCUT2D eigenvalue weighted by Crippen LogP contribution is -2.15. The Hall–Kier alpha value is -1.56. The number of hydrogen-bond donors (Lipinski definition) is 1. The van der Waals surface area contributed by atoms with Crippen LogP contribution in [-0.2, 0) is 11.2 Å². The van der Waals surface area contributed by atoms with Crippen LogP contribution < -0.4 is 5.32 Å². The quantitative estimate of drug-likeness (QED) is 0.705. The van der Waals surface area contributed by atoms with E-state index in [-0.39, 0.29) is 12.5 Å². The van der Waals surface area contributed by atoms with Crippen LogP contribution in [0.1, 0.15) is 45.0 Å². The van der Waals surface area contributed by atoms with Crippen molar-refractivity contribution in [3.05, 3.63) is 49.8 Å². The molecule has 2 rings (SSSR count). The molecule has 4 nitrogen and oxygen atoms in total.